The number of carboxylic acids is 1. The lowest BCUT2D eigenvalue weighted by atomic mass is 10.1. The molecule has 2 aromatic rings. The molecule has 0 aliphatic rings. The van der Waals surface area contributed by atoms with Crippen LogP contribution in [0, 0.1) is 0 Å². The molecule has 0 aliphatic heterocycles. The maximum absolute atomic E-state index is 12.4. The molecule has 118 valence electrons. The van der Waals surface area contributed by atoms with Crippen LogP contribution in [-0.4, -0.2) is 21.9 Å². The van der Waals surface area contributed by atoms with Gasteiger partial charge in [0.15, 0.2) is 0 Å². The second-order valence-corrected chi connectivity index (χ2v) is 6.04. The van der Waals surface area contributed by atoms with E-state index in [2.05, 4.69) is 0 Å². The van der Waals surface area contributed by atoms with Gasteiger partial charge in [-0.2, -0.15) is 0 Å². The molecule has 0 bridgehead atoms. The van der Waals surface area contributed by atoms with E-state index in [0.717, 1.165) is 10.6 Å². The molecule has 0 unspecified atom stereocenters. The molecule has 2 aromatic heterocycles. The number of amides is 1. The molecule has 1 N–H and O–H groups in total. The molecule has 0 fully saturated rings. The number of carbonyl (C=O) groups is 2. The van der Waals surface area contributed by atoms with Crippen LogP contribution in [0.15, 0.2) is 40.3 Å². The third-order valence-electron chi connectivity index (χ3n) is 3.24. The van der Waals surface area contributed by atoms with Crippen molar-refractivity contribution in [2.75, 3.05) is 0 Å². The average Bonchev–Trinajstić information content (AvgIpc) is 3.16. The molecule has 1 amide bonds. The number of carbonyl (C=O) groups excluding carboxylic acids is 1. The van der Waals surface area contributed by atoms with Crippen molar-refractivity contribution >= 4 is 23.2 Å². The fourth-order valence-corrected chi connectivity index (χ4v) is 2.84. The first-order valence-electron chi connectivity index (χ1n) is 7.19. The van der Waals surface area contributed by atoms with Crippen molar-refractivity contribution in [3.8, 4) is 0 Å². The Hall–Kier alpha value is -2.08. The molecular weight excluding hydrogens is 302 g/mol. The van der Waals surface area contributed by atoms with E-state index in [1.807, 2.05) is 23.6 Å². The molecule has 2 heterocycles. The van der Waals surface area contributed by atoms with E-state index in [1.165, 1.54) is 0 Å². The third-order valence-corrected chi connectivity index (χ3v) is 4.10. The molecule has 0 atom stereocenters. The maximum Gasteiger partial charge on any atom is 0.303 e. The Morgan fingerprint density at radius 1 is 1.14 bits per heavy atom. The number of rotatable bonds is 9. The zero-order chi connectivity index (χ0) is 15.8. The lowest BCUT2D eigenvalue weighted by Crippen LogP contribution is -2.29. The third kappa shape index (κ3) is 5.37. The topological polar surface area (TPSA) is 70.8 Å². The largest absolute Gasteiger partial charge is 0.481 e. The summed E-state index contributed by atoms with van der Waals surface area (Å²) in [4.78, 5) is 25.7. The highest BCUT2D eigenvalue weighted by Crippen LogP contribution is 2.16. The van der Waals surface area contributed by atoms with E-state index in [-0.39, 0.29) is 12.3 Å². The van der Waals surface area contributed by atoms with Crippen LogP contribution in [0.3, 0.4) is 0 Å². The maximum atomic E-state index is 12.4. The fraction of sp³-hybridized carbons (Fsp3) is 0.375. The first-order valence-corrected chi connectivity index (χ1v) is 8.07. The number of thiophene rings is 1. The van der Waals surface area contributed by atoms with Crippen LogP contribution < -0.4 is 0 Å². The summed E-state index contributed by atoms with van der Waals surface area (Å²) in [6.45, 7) is 0.985. The summed E-state index contributed by atoms with van der Waals surface area (Å²) in [5.74, 6) is -0.0518. The van der Waals surface area contributed by atoms with Crippen molar-refractivity contribution in [3.05, 3.63) is 46.5 Å². The molecule has 6 heteroatoms. The smallest absolute Gasteiger partial charge is 0.303 e. The predicted octanol–water partition coefficient (Wildman–Crippen LogP) is 3.51. The second kappa shape index (κ2) is 8.38. The van der Waals surface area contributed by atoms with Gasteiger partial charge in [-0.3, -0.25) is 9.59 Å². The average molecular weight is 321 g/mol. The predicted molar refractivity (Wildman–Crippen MR) is 83.4 cm³/mol. The van der Waals surface area contributed by atoms with Crippen LogP contribution in [0.1, 0.15) is 36.3 Å². The molecule has 0 spiro atoms. The second-order valence-electron chi connectivity index (χ2n) is 5.01. The van der Waals surface area contributed by atoms with E-state index >= 15 is 0 Å². The van der Waals surface area contributed by atoms with Crippen molar-refractivity contribution in [3.63, 3.8) is 0 Å². The van der Waals surface area contributed by atoms with Gasteiger partial charge in [-0.25, -0.2) is 0 Å². The summed E-state index contributed by atoms with van der Waals surface area (Å²) in [6, 6.07) is 7.61. The van der Waals surface area contributed by atoms with Gasteiger partial charge < -0.3 is 14.4 Å². The monoisotopic (exact) mass is 321 g/mol. The first-order chi connectivity index (χ1) is 10.6. The van der Waals surface area contributed by atoms with E-state index < -0.39 is 5.97 Å². The highest BCUT2D eigenvalue weighted by molar-refractivity contribution is 7.09. The Bertz CT molecular complexity index is 541. The van der Waals surface area contributed by atoms with E-state index in [1.54, 1.807) is 28.6 Å². The Balaban J connectivity index is 1.90. The normalized spacial score (nSPS) is 10.5. The molecule has 0 radical (unpaired) electrons. The Morgan fingerprint density at radius 3 is 2.59 bits per heavy atom. The highest BCUT2D eigenvalue weighted by Gasteiger charge is 2.16. The van der Waals surface area contributed by atoms with Crippen LogP contribution in [0.5, 0.6) is 0 Å². The lowest BCUT2D eigenvalue weighted by molar-refractivity contribution is -0.137. The van der Waals surface area contributed by atoms with Crippen molar-refractivity contribution in [1.82, 2.24) is 4.90 Å². The fourth-order valence-electron chi connectivity index (χ4n) is 2.12. The number of nitrogens with zero attached hydrogens (tertiary/aromatic N) is 1. The zero-order valence-electron chi connectivity index (χ0n) is 12.2. The number of furan rings is 1. The van der Waals surface area contributed by atoms with Gasteiger partial charge in [0.2, 0.25) is 5.91 Å². The van der Waals surface area contributed by atoms with Gasteiger partial charge in [-0.05, 0) is 36.4 Å². The molecule has 0 aromatic carbocycles. The van der Waals surface area contributed by atoms with Gasteiger partial charge in [0.25, 0.3) is 0 Å². The van der Waals surface area contributed by atoms with E-state index in [9.17, 15) is 9.59 Å². The minimum atomic E-state index is -0.821. The van der Waals surface area contributed by atoms with Crippen LogP contribution in [-0.2, 0) is 22.7 Å². The van der Waals surface area contributed by atoms with Crippen LogP contribution in [0.25, 0.3) is 0 Å². The van der Waals surface area contributed by atoms with E-state index in [0.29, 0.717) is 32.4 Å². The van der Waals surface area contributed by atoms with Gasteiger partial charge in [0.05, 0.1) is 19.4 Å². The van der Waals surface area contributed by atoms with Gasteiger partial charge in [0.1, 0.15) is 5.76 Å². The summed E-state index contributed by atoms with van der Waals surface area (Å²) in [5, 5.41) is 10.6. The van der Waals surface area contributed by atoms with Crippen molar-refractivity contribution in [2.45, 2.75) is 38.8 Å². The van der Waals surface area contributed by atoms with Gasteiger partial charge in [-0.15, -0.1) is 11.3 Å². The molecule has 22 heavy (non-hydrogen) atoms. The summed E-state index contributed by atoms with van der Waals surface area (Å²) in [7, 11) is 0. The molecule has 0 saturated heterocycles. The van der Waals surface area contributed by atoms with Crippen molar-refractivity contribution < 1.29 is 19.1 Å². The molecular formula is C16H19NO4S. The molecule has 0 aliphatic carbocycles. The quantitative estimate of drug-likeness (QED) is 0.717. The standard InChI is InChI=1S/C16H19NO4S/c18-15(7-1-2-8-16(19)20)17(11-13-5-3-9-21-13)12-14-6-4-10-22-14/h3-6,9-10H,1-2,7-8,11-12H2,(H,19,20). The van der Waals surface area contributed by atoms with Crippen LogP contribution >= 0.6 is 11.3 Å². The number of hydrogen-bond donors (Lipinski definition) is 1. The Kier molecular flexibility index (Phi) is 6.21. The first kappa shape index (κ1) is 16.3. The molecule has 5 nitrogen and oxygen atoms in total. The summed E-state index contributed by atoms with van der Waals surface area (Å²) < 4.78 is 5.32. The SMILES string of the molecule is O=C(O)CCCCC(=O)N(Cc1ccco1)Cc1cccs1. The van der Waals surface area contributed by atoms with Gasteiger partial charge in [-0.1, -0.05) is 6.07 Å². The van der Waals surface area contributed by atoms with Crippen molar-refractivity contribution in [2.24, 2.45) is 0 Å². The molecule has 0 saturated carbocycles. The Morgan fingerprint density at radius 2 is 1.95 bits per heavy atom. The van der Waals surface area contributed by atoms with Gasteiger partial charge in [0, 0.05) is 17.7 Å². The summed E-state index contributed by atoms with van der Waals surface area (Å²) in [5.41, 5.74) is 0. The van der Waals surface area contributed by atoms with E-state index in [4.69, 9.17) is 9.52 Å². The number of hydrogen-bond acceptors (Lipinski definition) is 4. The van der Waals surface area contributed by atoms with Crippen LogP contribution in [0.2, 0.25) is 0 Å². The number of unbranched alkanes of at least 4 members (excludes halogenated alkanes) is 1. The zero-order valence-corrected chi connectivity index (χ0v) is 13.1. The molecule has 2 rings (SSSR count). The lowest BCUT2D eigenvalue weighted by Gasteiger charge is -2.21. The Labute approximate surface area is 133 Å². The summed E-state index contributed by atoms with van der Waals surface area (Å²) >= 11 is 1.61. The van der Waals surface area contributed by atoms with Crippen LogP contribution in [0.4, 0.5) is 0 Å². The minimum absolute atomic E-state index is 0.0233. The number of carboxylic acid groups (broad SMARTS) is 1. The van der Waals surface area contributed by atoms with Crippen molar-refractivity contribution in [1.29, 1.82) is 0 Å². The summed E-state index contributed by atoms with van der Waals surface area (Å²) in [6.07, 6.45) is 3.17. The van der Waals surface area contributed by atoms with Gasteiger partial charge >= 0.3 is 5.97 Å². The minimum Gasteiger partial charge on any atom is -0.481 e. The number of aliphatic carboxylic acids is 1. The highest BCUT2D eigenvalue weighted by atomic mass is 32.1.